The standard InChI is InChI=1S/C13H12O2S/c1-10(13-3-2-8-16-13)15-12-6-4-11(9-14)5-7-12/h2-10H,1H3. The highest BCUT2D eigenvalue weighted by Gasteiger charge is 2.07. The van der Waals surface area contributed by atoms with Crippen molar-refractivity contribution in [3.8, 4) is 5.75 Å². The number of hydrogen-bond acceptors (Lipinski definition) is 3. The fourth-order valence-corrected chi connectivity index (χ4v) is 2.12. The van der Waals surface area contributed by atoms with Gasteiger partial charge in [0.25, 0.3) is 0 Å². The maximum Gasteiger partial charge on any atom is 0.150 e. The zero-order valence-electron chi connectivity index (χ0n) is 8.92. The Morgan fingerprint density at radius 2 is 2.00 bits per heavy atom. The molecule has 1 aromatic heterocycles. The molecule has 1 aromatic carbocycles. The molecule has 0 amide bonds. The molecule has 2 rings (SSSR count). The maximum atomic E-state index is 10.5. The summed E-state index contributed by atoms with van der Waals surface area (Å²) in [6, 6.07) is 11.2. The summed E-state index contributed by atoms with van der Waals surface area (Å²) < 4.78 is 5.75. The van der Waals surface area contributed by atoms with E-state index in [-0.39, 0.29) is 6.10 Å². The summed E-state index contributed by atoms with van der Waals surface area (Å²) in [7, 11) is 0. The van der Waals surface area contributed by atoms with Crippen molar-refractivity contribution in [2.24, 2.45) is 0 Å². The van der Waals surface area contributed by atoms with Crippen LogP contribution in [0, 0.1) is 0 Å². The van der Waals surface area contributed by atoms with Gasteiger partial charge < -0.3 is 4.74 Å². The van der Waals surface area contributed by atoms with Crippen molar-refractivity contribution < 1.29 is 9.53 Å². The second-order valence-corrected chi connectivity index (χ2v) is 4.44. The third-order valence-electron chi connectivity index (χ3n) is 2.27. The van der Waals surface area contributed by atoms with Gasteiger partial charge in [-0.05, 0) is 42.6 Å². The van der Waals surface area contributed by atoms with Gasteiger partial charge in [-0.3, -0.25) is 4.79 Å². The van der Waals surface area contributed by atoms with Crippen LogP contribution in [0.5, 0.6) is 5.75 Å². The van der Waals surface area contributed by atoms with Gasteiger partial charge >= 0.3 is 0 Å². The number of aldehydes is 1. The van der Waals surface area contributed by atoms with Crippen LogP contribution in [0.3, 0.4) is 0 Å². The van der Waals surface area contributed by atoms with E-state index in [1.54, 1.807) is 23.5 Å². The molecule has 0 saturated carbocycles. The molecule has 16 heavy (non-hydrogen) atoms. The first-order chi connectivity index (χ1) is 7.79. The van der Waals surface area contributed by atoms with Crippen LogP contribution in [-0.2, 0) is 0 Å². The van der Waals surface area contributed by atoms with Gasteiger partial charge in [0.05, 0.1) is 0 Å². The zero-order valence-corrected chi connectivity index (χ0v) is 9.74. The Hall–Kier alpha value is -1.61. The zero-order chi connectivity index (χ0) is 11.4. The smallest absolute Gasteiger partial charge is 0.150 e. The topological polar surface area (TPSA) is 26.3 Å². The average molecular weight is 232 g/mol. The quantitative estimate of drug-likeness (QED) is 0.751. The van der Waals surface area contributed by atoms with Gasteiger partial charge in [-0.15, -0.1) is 11.3 Å². The maximum absolute atomic E-state index is 10.5. The molecule has 3 heteroatoms. The van der Waals surface area contributed by atoms with E-state index in [9.17, 15) is 4.79 Å². The number of ether oxygens (including phenoxy) is 1. The Bertz CT molecular complexity index is 445. The Labute approximate surface area is 98.5 Å². The number of carbonyl (C=O) groups excluding carboxylic acids is 1. The van der Waals surface area contributed by atoms with Gasteiger partial charge in [0.1, 0.15) is 18.1 Å². The Morgan fingerprint density at radius 3 is 2.56 bits per heavy atom. The third-order valence-corrected chi connectivity index (χ3v) is 3.31. The van der Waals surface area contributed by atoms with Crippen LogP contribution < -0.4 is 4.74 Å². The van der Waals surface area contributed by atoms with Crippen molar-refractivity contribution >= 4 is 17.6 Å². The van der Waals surface area contributed by atoms with Crippen LogP contribution in [0.4, 0.5) is 0 Å². The van der Waals surface area contributed by atoms with E-state index in [4.69, 9.17) is 4.74 Å². The third kappa shape index (κ3) is 2.49. The first-order valence-corrected chi connectivity index (χ1v) is 5.93. The summed E-state index contributed by atoms with van der Waals surface area (Å²) in [6.07, 6.45) is 0.869. The first-order valence-electron chi connectivity index (χ1n) is 5.05. The monoisotopic (exact) mass is 232 g/mol. The molecule has 82 valence electrons. The highest BCUT2D eigenvalue weighted by Crippen LogP contribution is 2.24. The van der Waals surface area contributed by atoms with Crippen molar-refractivity contribution in [3.05, 3.63) is 52.2 Å². The van der Waals surface area contributed by atoms with E-state index >= 15 is 0 Å². The molecule has 0 aliphatic heterocycles. The second kappa shape index (κ2) is 4.94. The molecule has 2 nitrogen and oxygen atoms in total. The van der Waals surface area contributed by atoms with Crippen LogP contribution in [0.1, 0.15) is 28.3 Å². The number of rotatable bonds is 4. The lowest BCUT2D eigenvalue weighted by molar-refractivity contribution is 0.112. The van der Waals surface area contributed by atoms with E-state index in [1.807, 2.05) is 30.5 Å². The van der Waals surface area contributed by atoms with E-state index in [0.29, 0.717) is 5.56 Å². The van der Waals surface area contributed by atoms with E-state index in [1.165, 1.54) is 4.88 Å². The van der Waals surface area contributed by atoms with Gasteiger partial charge in [-0.2, -0.15) is 0 Å². The van der Waals surface area contributed by atoms with Gasteiger partial charge in [0.15, 0.2) is 0 Å². The van der Waals surface area contributed by atoms with Crippen molar-refractivity contribution in [1.82, 2.24) is 0 Å². The van der Waals surface area contributed by atoms with Crippen LogP contribution in [0.15, 0.2) is 41.8 Å². The minimum atomic E-state index is 0.0436. The largest absolute Gasteiger partial charge is 0.485 e. The normalized spacial score (nSPS) is 12.1. The molecule has 1 atom stereocenters. The highest BCUT2D eigenvalue weighted by atomic mass is 32.1. The van der Waals surface area contributed by atoms with Gasteiger partial charge in [-0.1, -0.05) is 6.07 Å². The minimum Gasteiger partial charge on any atom is -0.485 e. The van der Waals surface area contributed by atoms with Crippen LogP contribution in [0.25, 0.3) is 0 Å². The molecule has 0 fully saturated rings. The van der Waals surface area contributed by atoms with Gasteiger partial charge in [0, 0.05) is 10.4 Å². The van der Waals surface area contributed by atoms with E-state index < -0.39 is 0 Å². The highest BCUT2D eigenvalue weighted by molar-refractivity contribution is 7.10. The van der Waals surface area contributed by atoms with Crippen LogP contribution >= 0.6 is 11.3 Å². The Kier molecular flexibility index (Phi) is 3.37. The molecule has 0 spiro atoms. The van der Waals surface area contributed by atoms with E-state index in [2.05, 4.69) is 6.07 Å². The molecule has 1 heterocycles. The average Bonchev–Trinajstić information content (AvgIpc) is 2.83. The second-order valence-electron chi connectivity index (χ2n) is 3.46. The fraction of sp³-hybridized carbons (Fsp3) is 0.154. The van der Waals surface area contributed by atoms with Gasteiger partial charge in [-0.25, -0.2) is 0 Å². The van der Waals surface area contributed by atoms with Crippen LogP contribution in [-0.4, -0.2) is 6.29 Å². The summed E-state index contributed by atoms with van der Waals surface area (Å²) in [4.78, 5) is 11.7. The number of thiophene rings is 1. The molecule has 0 bridgehead atoms. The molecule has 2 aromatic rings. The molecular weight excluding hydrogens is 220 g/mol. The Morgan fingerprint density at radius 1 is 1.25 bits per heavy atom. The van der Waals surface area contributed by atoms with Crippen LogP contribution in [0.2, 0.25) is 0 Å². The van der Waals surface area contributed by atoms with Crippen molar-refractivity contribution in [2.45, 2.75) is 13.0 Å². The first kappa shape index (κ1) is 10.9. The lowest BCUT2D eigenvalue weighted by atomic mass is 10.2. The molecule has 0 aliphatic carbocycles. The number of carbonyl (C=O) groups is 1. The molecule has 0 radical (unpaired) electrons. The van der Waals surface area contributed by atoms with Crippen molar-refractivity contribution in [2.75, 3.05) is 0 Å². The molecule has 0 aliphatic rings. The predicted molar refractivity (Wildman–Crippen MR) is 65.2 cm³/mol. The summed E-state index contributed by atoms with van der Waals surface area (Å²) in [5.41, 5.74) is 0.663. The summed E-state index contributed by atoms with van der Waals surface area (Å²) in [5.74, 6) is 0.784. The Balaban J connectivity index is 2.06. The minimum absolute atomic E-state index is 0.0436. The lowest BCUT2D eigenvalue weighted by Crippen LogP contribution is -2.00. The van der Waals surface area contributed by atoms with Crippen molar-refractivity contribution in [3.63, 3.8) is 0 Å². The molecule has 1 unspecified atom stereocenters. The molecule has 0 saturated heterocycles. The van der Waals surface area contributed by atoms with Gasteiger partial charge in [0.2, 0.25) is 0 Å². The molecular formula is C13H12O2S. The fourth-order valence-electron chi connectivity index (χ4n) is 1.41. The van der Waals surface area contributed by atoms with Crippen molar-refractivity contribution in [1.29, 1.82) is 0 Å². The van der Waals surface area contributed by atoms with E-state index in [0.717, 1.165) is 12.0 Å². The summed E-state index contributed by atoms with van der Waals surface area (Å²) >= 11 is 1.68. The summed E-state index contributed by atoms with van der Waals surface area (Å²) in [5, 5.41) is 2.03. The SMILES string of the molecule is CC(Oc1ccc(C=O)cc1)c1cccs1. The number of benzene rings is 1. The molecule has 0 N–H and O–H groups in total. The summed E-state index contributed by atoms with van der Waals surface area (Å²) in [6.45, 7) is 2.01. The lowest BCUT2D eigenvalue weighted by Gasteiger charge is -2.12. The predicted octanol–water partition coefficient (Wildman–Crippen LogP) is 3.70. The number of hydrogen-bond donors (Lipinski definition) is 0.